The van der Waals surface area contributed by atoms with Crippen LogP contribution in [0.1, 0.15) is 29.0 Å². The van der Waals surface area contributed by atoms with Gasteiger partial charge in [0.1, 0.15) is 5.82 Å². The van der Waals surface area contributed by atoms with E-state index in [2.05, 4.69) is 0 Å². The summed E-state index contributed by atoms with van der Waals surface area (Å²) in [5.41, 5.74) is 9.58. The van der Waals surface area contributed by atoms with E-state index in [1.807, 2.05) is 25.1 Å². The van der Waals surface area contributed by atoms with Crippen molar-refractivity contribution in [3.8, 4) is 0 Å². The third kappa shape index (κ3) is 3.85. The van der Waals surface area contributed by atoms with Crippen molar-refractivity contribution in [2.45, 2.75) is 25.7 Å². The Morgan fingerprint density at radius 2 is 1.91 bits per heavy atom. The van der Waals surface area contributed by atoms with E-state index in [9.17, 15) is 9.18 Å². The van der Waals surface area contributed by atoms with E-state index in [1.165, 1.54) is 19.2 Å². The summed E-state index contributed by atoms with van der Waals surface area (Å²) in [6, 6.07) is 11.8. The highest BCUT2D eigenvalue weighted by molar-refractivity contribution is 5.78. The summed E-state index contributed by atoms with van der Waals surface area (Å²) in [4.78, 5) is 12.0. The third-order valence-corrected chi connectivity index (χ3v) is 3.76. The predicted molar refractivity (Wildman–Crippen MR) is 85.1 cm³/mol. The Hall–Kier alpha value is -2.36. The molecule has 1 atom stereocenters. The van der Waals surface area contributed by atoms with Gasteiger partial charge in [-0.05, 0) is 49.1 Å². The number of anilines is 1. The fraction of sp³-hybridized carbons (Fsp3) is 0.278. The lowest BCUT2D eigenvalue weighted by Gasteiger charge is -2.16. The van der Waals surface area contributed by atoms with Crippen molar-refractivity contribution in [3.63, 3.8) is 0 Å². The van der Waals surface area contributed by atoms with Crippen molar-refractivity contribution in [3.05, 3.63) is 65.0 Å². The lowest BCUT2D eigenvalue weighted by molar-refractivity contribution is -0.142. The maximum Gasteiger partial charge on any atom is 0.313 e. The van der Waals surface area contributed by atoms with Crippen molar-refractivity contribution in [1.82, 2.24) is 0 Å². The van der Waals surface area contributed by atoms with Gasteiger partial charge in [-0.3, -0.25) is 4.79 Å². The second kappa shape index (κ2) is 7.07. The van der Waals surface area contributed by atoms with Crippen LogP contribution in [-0.4, -0.2) is 13.1 Å². The quantitative estimate of drug-likeness (QED) is 0.678. The van der Waals surface area contributed by atoms with Crippen LogP contribution in [0.4, 0.5) is 10.1 Å². The predicted octanol–water partition coefficient (Wildman–Crippen LogP) is 3.61. The maximum absolute atomic E-state index is 13.0. The molecule has 22 heavy (non-hydrogen) atoms. The number of methoxy groups -OCH3 is 1. The second-order valence-electron chi connectivity index (χ2n) is 5.37. The fourth-order valence-electron chi connectivity index (χ4n) is 2.51. The molecule has 0 spiro atoms. The van der Waals surface area contributed by atoms with E-state index in [1.54, 1.807) is 12.1 Å². The third-order valence-electron chi connectivity index (χ3n) is 3.76. The van der Waals surface area contributed by atoms with E-state index in [-0.39, 0.29) is 11.8 Å². The number of rotatable bonds is 5. The van der Waals surface area contributed by atoms with Crippen molar-refractivity contribution < 1.29 is 13.9 Å². The minimum absolute atomic E-state index is 0.321. The zero-order valence-electron chi connectivity index (χ0n) is 12.8. The number of carbonyl (C=O) groups is 1. The Morgan fingerprint density at radius 3 is 2.55 bits per heavy atom. The Kier molecular flexibility index (Phi) is 5.15. The van der Waals surface area contributed by atoms with Crippen LogP contribution in [0.2, 0.25) is 0 Å². The van der Waals surface area contributed by atoms with Gasteiger partial charge < -0.3 is 10.5 Å². The number of aryl methyl sites for hydroxylation is 2. The molecular formula is C18H20FNO2. The lowest BCUT2D eigenvalue weighted by Crippen LogP contribution is -2.15. The summed E-state index contributed by atoms with van der Waals surface area (Å²) >= 11 is 0. The van der Waals surface area contributed by atoms with Gasteiger partial charge in [-0.15, -0.1) is 0 Å². The average Bonchev–Trinajstić information content (AvgIpc) is 2.52. The monoisotopic (exact) mass is 301 g/mol. The molecule has 0 aliphatic rings. The number of hydrogen-bond donors (Lipinski definition) is 1. The zero-order chi connectivity index (χ0) is 16.1. The number of nitrogens with two attached hydrogens (primary N) is 1. The molecule has 0 aromatic heterocycles. The first-order valence-corrected chi connectivity index (χ1v) is 7.19. The first-order chi connectivity index (χ1) is 10.5. The molecular weight excluding hydrogens is 281 g/mol. The Balaban J connectivity index is 2.18. The number of benzene rings is 2. The SMILES string of the molecule is COC(=O)C(CCc1cc(C)ccc1N)c1ccc(F)cc1. The summed E-state index contributed by atoms with van der Waals surface area (Å²) in [5.74, 6) is -1.07. The highest BCUT2D eigenvalue weighted by atomic mass is 19.1. The molecule has 0 radical (unpaired) electrons. The molecule has 3 nitrogen and oxygen atoms in total. The first-order valence-electron chi connectivity index (χ1n) is 7.19. The zero-order valence-corrected chi connectivity index (χ0v) is 12.8. The molecule has 0 aliphatic carbocycles. The van der Waals surface area contributed by atoms with Crippen LogP contribution in [0.15, 0.2) is 42.5 Å². The van der Waals surface area contributed by atoms with Gasteiger partial charge in [0, 0.05) is 5.69 Å². The lowest BCUT2D eigenvalue weighted by atomic mass is 9.91. The minimum Gasteiger partial charge on any atom is -0.469 e. The number of esters is 1. The van der Waals surface area contributed by atoms with Gasteiger partial charge in [-0.2, -0.15) is 0 Å². The van der Waals surface area contributed by atoms with Crippen molar-refractivity contribution in [1.29, 1.82) is 0 Å². The molecule has 1 unspecified atom stereocenters. The molecule has 0 saturated heterocycles. The van der Waals surface area contributed by atoms with E-state index >= 15 is 0 Å². The highest BCUT2D eigenvalue weighted by Gasteiger charge is 2.21. The van der Waals surface area contributed by atoms with Gasteiger partial charge in [0.15, 0.2) is 0 Å². The number of hydrogen-bond acceptors (Lipinski definition) is 3. The van der Waals surface area contributed by atoms with Crippen molar-refractivity contribution in [2.24, 2.45) is 0 Å². The summed E-state index contributed by atoms with van der Waals surface area (Å²) in [7, 11) is 1.36. The van der Waals surface area contributed by atoms with E-state index in [0.29, 0.717) is 18.5 Å². The standard InChI is InChI=1S/C18H20FNO2/c1-12-3-10-17(20)14(11-12)6-9-16(18(21)22-2)13-4-7-15(19)8-5-13/h3-5,7-8,10-11,16H,6,9,20H2,1-2H3. The molecule has 0 bridgehead atoms. The van der Waals surface area contributed by atoms with Crippen molar-refractivity contribution >= 4 is 11.7 Å². The number of halogens is 1. The molecule has 2 aromatic rings. The van der Waals surface area contributed by atoms with Gasteiger partial charge in [0.25, 0.3) is 0 Å². The van der Waals surface area contributed by atoms with E-state index in [4.69, 9.17) is 10.5 Å². The molecule has 0 saturated carbocycles. The summed E-state index contributed by atoms with van der Waals surface area (Å²) in [6.45, 7) is 2.00. The first kappa shape index (κ1) is 16.0. The average molecular weight is 301 g/mol. The minimum atomic E-state index is -0.425. The summed E-state index contributed by atoms with van der Waals surface area (Å²) in [6.07, 6.45) is 1.22. The molecule has 116 valence electrons. The Bertz CT molecular complexity index is 653. The van der Waals surface area contributed by atoms with Gasteiger partial charge >= 0.3 is 5.97 Å². The van der Waals surface area contributed by atoms with Crippen LogP contribution in [0.25, 0.3) is 0 Å². The summed E-state index contributed by atoms with van der Waals surface area (Å²) in [5, 5.41) is 0. The van der Waals surface area contributed by atoms with Gasteiger partial charge in [0.05, 0.1) is 13.0 Å². The van der Waals surface area contributed by atoms with Crippen LogP contribution in [0.5, 0.6) is 0 Å². The maximum atomic E-state index is 13.0. The van der Waals surface area contributed by atoms with Crippen molar-refractivity contribution in [2.75, 3.05) is 12.8 Å². The van der Waals surface area contributed by atoms with E-state index in [0.717, 1.165) is 16.7 Å². The fourth-order valence-corrected chi connectivity index (χ4v) is 2.51. The number of nitrogen functional groups attached to an aromatic ring is 1. The Morgan fingerprint density at radius 1 is 1.23 bits per heavy atom. The number of carbonyl (C=O) groups excluding carboxylic acids is 1. The molecule has 2 aromatic carbocycles. The van der Waals surface area contributed by atoms with Gasteiger partial charge in [0.2, 0.25) is 0 Å². The van der Waals surface area contributed by atoms with Crippen LogP contribution in [0, 0.1) is 12.7 Å². The molecule has 0 fully saturated rings. The molecule has 2 N–H and O–H groups in total. The molecule has 2 rings (SSSR count). The van der Waals surface area contributed by atoms with Gasteiger partial charge in [-0.1, -0.05) is 29.8 Å². The molecule has 0 aliphatic heterocycles. The van der Waals surface area contributed by atoms with Crippen LogP contribution >= 0.6 is 0 Å². The van der Waals surface area contributed by atoms with Crippen LogP contribution in [-0.2, 0) is 16.0 Å². The molecule has 0 amide bonds. The molecule has 4 heteroatoms. The molecule has 0 heterocycles. The van der Waals surface area contributed by atoms with Gasteiger partial charge in [-0.25, -0.2) is 4.39 Å². The van der Waals surface area contributed by atoms with Crippen LogP contribution < -0.4 is 5.73 Å². The second-order valence-corrected chi connectivity index (χ2v) is 5.37. The number of ether oxygens (including phenoxy) is 1. The van der Waals surface area contributed by atoms with E-state index < -0.39 is 5.92 Å². The van der Waals surface area contributed by atoms with Crippen LogP contribution in [0.3, 0.4) is 0 Å². The highest BCUT2D eigenvalue weighted by Crippen LogP contribution is 2.25. The largest absolute Gasteiger partial charge is 0.469 e. The summed E-state index contributed by atoms with van der Waals surface area (Å²) < 4.78 is 17.9. The topological polar surface area (TPSA) is 52.3 Å². The smallest absolute Gasteiger partial charge is 0.313 e. The normalized spacial score (nSPS) is 12.0. The Labute approximate surface area is 129 Å².